The summed E-state index contributed by atoms with van der Waals surface area (Å²) in [6.07, 6.45) is 8.97. The number of fused-ring (bicyclic) bond motifs is 4. The van der Waals surface area contributed by atoms with Gasteiger partial charge in [-0.05, 0) is 62.2 Å². The van der Waals surface area contributed by atoms with Crippen LogP contribution in [0.4, 0.5) is 0 Å². The zero-order valence-electron chi connectivity index (χ0n) is 10.4. The topological polar surface area (TPSA) is 0 Å². The lowest BCUT2D eigenvalue weighted by Gasteiger charge is -2.30. The van der Waals surface area contributed by atoms with Crippen LogP contribution in [0, 0.1) is 23.7 Å². The SMILES string of the molecule is Br[C@@H]1[C@@H]2CC[C@H](C2)[C@H]1SS[C@H]1[C@@H]2CC[C@H](C2)[C@@H]1Br. The smallest absolute Gasteiger partial charge is 0.0307 e. The Hall–Kier alpha value is 1.66. The van der Waals surface area contributed by atoms with Crippen LogP contribution in [0.5, 0.6) is 0 Å². The summed E-state index contributed by atoms with van der Waals surface area (Å²) >= 11 is 7.96. The molecule has 0 N–H and O–H groups in total. The highest BCUT2D eigenvalue weighted by molar-refractivity contribution is 9.10. The van der Waals surface area contributed by atoms with Gasteiger partial charge in [0, 0.05) is 20.2 Å². The molecule has 4 aliphatic rings. The number of hydrogen-bond donors (Lipinski definition) is 0. The highest BCUT2D eigenvalue weighted by Gasteiger charge is 2.50. The van der Waals surface area contributed by atoms with E-state index in [2.05, 4.69) is 53.4 Å². The van der Waals surface area contributed by atoms with Gasteiger partial charge < -0.3 is 0 Å². The predicted molar refractivity (Wildman–Crippen MR) is 89.9 cm³/mol. The molecule has 0 nitrogen and oxygen atoms in total. The van der Waals surface area contributed by atoms with E-state index in [0.29, 0.717) is 0 Å². The molecule has 0 aromatic heterocycles. The molecule has 0 saturated heterocycles. The van der Waals surface area contributed by atoms with E-state index in [9.17, 15) is 0 Å². The minimum absolute atomic E-state index is 0.807. The highest BCUT2D eigenvalue weighted by Crippen LogP contribution is 2.60. The molecule has 4 heteroatoms. The summed E-state index contributed by atoms with van der Waals surface area (Å²) in [5, 5.41) is 1.79. The van der Waals surface area contributed by atoms with E-state index >= 15 is 0 Å². The summed E-state index contributed by atoms with van der Waals surface area (Å²) in [4.78, 5) is 1.61. The van der Waals surface area contributed by atoms with Crippen LogP contribution in [0.1, 0.15) is 38.5 Å². The Morgan fingerprint density at radius 2 is 1.00 bits per heavy atom. The summed E-state index contributed by atoms with van der Waals surface area (Å²) in [6, 6.07) is 0. The molecule has 8 atom stereocenters. The standard InChI is InChI=1S/C14H20Br2S2/c15-11-7-1-3-9(5-7)13(11)17-18-14-10-4-2-8(6-10)12(14)16/h7-14H,1-6H2/t7-,8-,9-,10-,11-,12+,13-,14+/m1/s1. The van der Waals surface area contributed by atoms with Crippen molar-refractivity contribution in [3.8, 4) is 0 Å². The summed E-state index contributed by atoms with van der Waals surface area (Å²) in [5.41, 5.74) is 0. The molecule has 0 aromatic rings. The third-order valence-electron chi connectivity index (χ3n) is 5.76. The van der Waals surface area contributed by atoms with Gasteiger partial charge in [-0.1, -0.05) is 53.4 Å². The second kappa shape index (κ2) is 5.14. The molecular formula is C14H20Br2S2. The van der Waals surface area contributed by atoms with Crippen molar-refractivity contribution in [1.82, 2.24) is 0 Å². The van der Waals surface area contributed by atoms with Crippen LogP contribution in [-0.2, 0) is 0 Å². The van der Waals surface area contributed by atoms with Crippen molar-refractivity contribution < 1.29 is 0 Å². The van der Waals surface area contributed by atoms with Gasteiger partial charge in [-0.2, -0.15) is 0 Å². The van der Waals surface area contributed by atoms with Crippen LogP contribution >= 0.6 is 53.4 Å². The Labute approximate surface area is 135 Å². The second-order valence-electron chi connectivity index (χ2n) is 6.68. The van der Waals surface area contributed by atoms with Crippen LogP contribution < -0.4 is 0 Å². The molecule has 4 fully saturated rings. The van der Waals surface area contributed by atoms with Crippen molar-refractivity contribution in [3.05, 3.63) is 0 Å². The molecule has 0 radical (unpaired) electrons. The molecule has 4 rings (SSSR count). The lowest BCUT2D eigenvalue weighted by molar-refractivity contribution is 0.507. The first kappa shape index (κ1) is 13.3. The first-order chi connectivity index (χ1) is 8.74. The Bertz CT molecular complexity index is 302. The van der Waals surface area contributed by atoms with E-state index in [0.717, 1.165) is 43.8 Å². The molecule has 0 aliphatic heterocycles. The maximum Gasteiger partial charge on any atom is 0.0307 e. The van der Waals surface area contributed by atoms with Gasteiger partial charge in [-0.3, -0.25) is 0 Å². The molecule has 4 bridgehead atoms. The van der Waals surface area contributed by atoms with E-state index in [-0.39, 0.29) is 0 Å². The van der Waals surface area contributed by atoms with Crippen molar-refractivity contribution in [1.29, 1.82) is 0 Å². The quantitative estimate of drug-likeness (QED) is 0.444. The van der Waals surface area contributed by atoms with Gasteiger partial charge in [-0.25, -0.2) is 0 Å². The van der Waals surface area contributed by atoms with E-state index < -0.39 is 0 Å². The zero-order valence-corrected chi connectivity index (χ0v) is 15.2. The lowest BCUT2D eigenvalue weighted by atomic mass is 10.0. The second-order valence-corrected chi connectivity index (χ2v) is 11.4. The highest BCUT2D eigenvalue weighted by atomic mass is 79.9. The lowest BCUT2D eigenvalue weighted by Crippen LogP contribution is -2.27. The van der Waals surface area contributed by atoms with Gasteiger partial charge in [-0.15, -0.1) is 0 Å². The largest absolute Gasteiger partial charge is 0.0889 e. The van der Waals surface area contributed by atoms with Crippen LogP contribution in [-0.4, -0.2) is 20.2 Å². The first-order valence-electron chi connectivity index (χ1n) is 7.34. The summed E-state index contributed by atoms with van der Waals surface area (Å²) in [5.74, 6) is 4.02. The van der Waals surface area contributed by atoms with Crippen molar-refractivity contribution in [3.63, 3.8) is 0 Å². The first-order valence-corrected chi connectivity index (χ1v) is 11.4. The molecular weight excluding hydrogens is 392 g/mol. The van der Waals surface area contributed by atoms with Crippen LogP contribution in [0.3, 0.4) is 0 Å². The van der Waals surface area contributed by atoms with E-state index in [1.807, 2.05) is 0 Å². The molecule has 0 amide bonds. The average Bonchev–Trinajstić information content (AvgIpc) is 3.08. The van der Waals surface area contributed by atoms with Gasteiger partial charge in [0.25, 0.3) is 0 Å². The number of hydrogen-bond acceptors (Lipinski definition) is 2. The zero-order chi connectivity index (χ0) is 12.3. The Kier molecular flexibility index (Phi) is 3.80. The minimum atomic E-state index is 0.807. The van der Waals surface area contributed by atoms with Gasteiger partial charge in [0.05, 0.1) is 0 Å². The molecule has 4 saturated carbocycles. The summed E-state index contributed by atoms with van der Waals surface area (Å²) in [7, 11) is 4.47. The van der Waals surface area contributed by atoms with Crippen molar-refractivity contribution in [2.24, 2.45) is 23.7 Å². The van der Waals surface area contributed by atoms with E-state index in [1.54, 1.807) is 0 Å². The maximum absolute atomic E-state index is 3.98. The molecule has 0 unspecified atom stereocenters. The van der Waals surface area contributed by atoms with Crippen molar-refractivity contribution >= 4 is 53.4 Å². The summed E-state index contributed by atoms with van der Waals surface area (Å²) in [6.45, 7) is 0. The normalized spacial score (nSPS) is 57.7. The molecule has 4 aliphatic carbocycles. The minimum Gasteiger partial charge on any atom is -0.0889 e. The van der Waals surface area contributed by atoms with Crippen LogP contribution in [0.25, 0.3) is 0 Å². The fourth-order valence-corrected chi connectivity index (χ4v) is 12.2. The van der Waals surface area contributed by atoms with Crippen LogP contribution in [0.15, 0.2) is 0 Å². The Morgan fingerprint density at radius 3 is 1.33 bits per heavy atom. The van der Waals surface area contributed by atoms with E-state index in [1.165, 1.54) is 38.5 Å². The van der Waals surface area contributed by atoms with Gasteiger partial charge in [0.1, 0.15) is 0 Å². The van der Waals surface area contributed by atoms with Crippen molar-refractivity contribution in [2.75, 3.05) is 0 Å². The monoisotopic (exact) mass is 410 g/mol. The fraction of sp³-hybridized carbons (Fsp3) is 1.00. The average molecular weight is 412 g/mol. The number of halogens is 2. The van der Waals surface area contributed by atoms with E-state index in [4.69, 9.17) is 0 Å². The predicted octanol–water partition coefficient (Wildman–Crippen LogP) is 5.49. The molecule has 0 aromatic carbocycles. The summed E-state index contributed by atoms with van der Waals surface area (Å²) < 4.78 is 0. The Balaban J connectivity index is 1.36. The third-order valence-corrected chi connectivity index (χ3v) is 12.7. The van der Waals surface area contributed by atoms with Gasteiger partial charge in [0.2, 0.25) is 0 Å². The van der Waals surface area contributed by atoms with Crippen molar-refractivity contribution in [2.45, 2.75) is 58.7 Å². The maximum atomic E-state index is 3.98. The molecule has 18 heavy (non-hydrogen) atoms. The molecule has 0 heterocycles. The van der Waals surface area contributed by atoms with Gasteiger partial charge >= 0.3 is 0 Å². The number of alkyl halides is 2. The molecule has 0 spiro atoms. The Morgan fingerprint density at radius 1 is 0.611 bits per heavy atom. The third kappa shape index (κ3) is 2.07. The molecule has 102 valence electrons. The fourth-order valence-electron chi connectivity index (χ4n) is 4.73. The van der Waals surface area contributed by atoms with Gasteiger partial charge in [0.15, 0.2) is 0 Å². The number of rotatable bonds is 3. The van der Waals surface area contributed by atoms with Crippen LogP contribution in [0.2, 0.25) is 0 Å².